The normalized spacial score (nSPS) is 17.2. The van der Waals surface area contributed by atoms with E-state index in [0.29, 0.717) is 23.5 Å². The summed E-state index contributed by atoms with van der Waals surface area (Å²) in [5.41, 5.74) is 9.42. The van der Waals surface area contributed by atoms with Gasteiger partial charge in [0.05, 0.1) is 17.4 Å². The Hall–Kier alpha value is -2.57. The molecule has 2 heterocycles. The van der Waals surface area contributed by atoms with Crippen molar-refractivity contribution in [3.8, 4) is 5.69 Å². The molecule has 0 unspecified atom stereocenters. The molecule has 6 nitrogen and oxygen atoms in total. The van der Waals surface area contributed by atoms with E-state index < -0.39 is 5.60 Å². The number of carbonyl (C=O) groups excluding carboxylic acids is 1. The molecule has 28 heavy (non-hydrogen) atoms. The zero-order valence-corrected chi connectivity index (χ0v) is 17.5. The molecule has 0 fully saturated rings. The van der Waals surface area contributed by atoms with Crippen LogP contribution in [0, 0.1) is 19.7 Å². The van der Waals surface area contributed by atoms with Gasteiger partial charge in [0.15, 0.2) is 0 Å². The highest BCUT2D eigenvalue weighted by Crippen LogP contribution is 2.35. The van der Waals surface area contributed by atoms with Crippen molar-refractivity contribution in [1.82, 2.24) is 14.7 Å². The van der Waals surface area contributed by atoms with Crippen molar-refractivity contribution >= 4 is 11.9 Å². The third-order valence-electron chi connectivity index (χ3n) is 5.03. The van der Waals surface area contributed by atoms with E-state index >= 15 is 0 Å². The van der Waals surface area contributed by atoms with Crippen molar-refractivity contribution in [3.05, 3.63) is 40.3 Å². The summed E-state index contributed by atoms with van der Waals surface area (Å²) in [5.74, 6) is 0.254. The maximum Gasteiger partial charge on any atom is 0.410 e. The number of hydrogen-bond donors (Lipinski definition) is 1. The Morgan fingerprint density at radius 3 is 2.46 bits per heavy atom. The van der Waals surface area contributed by atoms with Crippen LogP contribution in [-0.4, -0.2) is 32.9 Å². The van der Waals surface area contributed by atoms with E-state index in [9.17, 15) is 9.18 Å². The molecule has 0 aliphatic carbocycles. The van der Waals surface area contributed by atoms with Gasteiger partial charge in [-0.3, -0.25) is 0 Å². The first-order chi connectivity index (χ1) is 13.0. The first-order valence-electron chi connectivity index (χ1n) is 9.63. The summed E-state index contributed by atoms with van der Waals surface area (Å²) >= 11 is 0. The highest BCUT2D eigenvalue weighted by molar-refractivity contribution is 5.70. The predicted molar refractivity (Wildman–Crippen MR) is 107 cm³/mol. The van der Waals surface area contributed by atoms with E-state index in [1.54, 1.807) is 35.6 Å². The Labute approximate surface area is 165 Å². The lowest BCUT2D eigenvalue weighted by atomic mass is 10.1. The second-order valence-electron chi connectivity index (χ2n) is 8.50. The zero-order chi connectivity index (χ0) is 20.8. The fourth-order valence-corrected chi connectivity index (χ4v) is 3.71. The molecule has 7 heteroatoms. The molecule has 1 aromatic carbocycles. The molecule has 0 spiro atoms. The number of nitrogen functional groups attached to an aromatic ring is 1. The van der Waals surface area contributed by atoms with E-state index in [-0.39, 0.29) is 18.0 Å². The minimum absolute atomic E-state index is 0.222. The van der Waals surface area contributed by atoms with Crippen LogP contribution >= 0.6 is 0 Å². The van der Waals surface area contributed by atoms with Crippen LogP contribution in [0.25, 0.3) is 5.69 Å². The Morgan fingerprint density at radius 2 is 1.89 bits per heavy atom. The minimum atomic E-state index is -0.565. The lowest BCUT2D eigenvalue weighted by Gasteiger charge is -2.30. The second-order valence-corrected chi connectivity index (χ2v) is 8.50. The molecule has 2 aromatic rings. The minimum Gasteiger partial charge on any atom is -0.444 e. The van der Waals surface area contributed by atoms with E-state index in [4.69, 9.17) is 15.6 Å². The fraction of sp³-hybridized carbons (Fsp3) is 0.524. The van der Waals surface area contributed by atoms with Gasteiger partial charge in [0.25, 0.3) is 0 Å². The first kappa shape index (κ1) is 20.2. The fourth-order valence-electron chi connectivity index (χ4n) is 3.71. The number of ether oxygens (including phenoxy) is 1. The van der Waals surface area contributed by atoms with Crippen molar-refractivity contribution in [2.45, 2.75) is 66.0 Å². The average molecular weight is 388 g/mol. The molecule has 1 amide bonds. The van der Waals surface area contributed by atoms with Gasteiger partial charge in [-0.2, -0.15) is 5.10 Å². The van der Waals surface area contributed by atoms with Gasteiger partial charge in [-0.25, -0.2) is 13.9 Å². The first-order valence-corrected chi connectivity index (χ1v) is 9.63. The Kier molecular flexibility index (Phi) is 5.12. The van der Waals surface area contributed by atoms with Gasteiger partial charge in [0.1, 0.15) is 17.2 Å². The van der Waals surface area contributed by atoms with Crippen LogP contribution in [0.5, 0.6) is 0 Å². The van der Waals surface area contributed by atoms with Gasteiger partial charge >= 0.3 is 6.09 Å². The third-order valence-corrected chi connectivity index (χ3v) is 5.03. The number of hydrogen-bond acceptors (Lipinski definition) is 4. The second kappa shape index (κ2) is 7.11. The number of halogens is 1. The number of amides is 1. The SMILES string of the molecule is Cc1cc(-n2nc3c(c2N)[C@H](C)N(C(=O)OC(C)(C)C)CCC3)cc(C)c1F. The van der Waals surface area contributed by atoms with Crippen LogP contribution in [0.3, 0.4) is 0 Å². The number of anilines is 1. The molecule has 1 aliphatic rings. The molecule has 0 radical (unpaired) electrons. The van der Waals surface area contributed by atoms with Crippen LogP contribution < -0.4 is 5.73 Å². The summed E-state index contributed by atoms with van der Waals surface area (Å²) < 4.78 is 21.2. The number of rotatable bonds is 1. The predicted octanol–water partition coefficient (Wildman–Crippen LogP) is 4.45. The van der Waals surface area contributed by atoms with Crippen molar-refractivity contribution < 1.29 is 13.9 Å². The number of fused-ring (bicyclic) bond motifs is 1. The van der Waals surface area contributed by atoms with Crippen LogP contribution in [0.4, 0.5) is 15.0 Å². The number of carbonyl (C=O) groups is 1. The quantitative estimate of drug-likeness (QED) is 0.783. The lowest BCUT2D eigenvalue weighted by molar-refractivity contribution is 0.0178. The molecule has 1 aliphatic heterocycles. The molecular weight excluding hydrogens is 359 g/mol. The Balaban J connectivity index is 2.01. The van der Waals surface area contributed by atoms with Crippen LogP contribution in [0.2, 0.25) is 0 Å². The number of aryl methyl sites for hydroxylation is 3. The van der Waals surface area contributed by atoms with Gasteiger partial charge in [0, 0.05) is 12.1 Å². The third kappa shape index (κ3) is 3.70. The van der Waals surface area contributed by atoms with Crippen LogP contribution in [0.15, 0.2) is 12.1 Å². The van der Waals surface area contributed by atoms with Gasteiger partial charge in [-0.05, 0) is 77.6 Å². The maximum atomic E-state index is 14.0. The number of aromatic nitrogens is 2. The Bertz CT molecular complexity index is 891. The van der Waals surface area contributed by atoms with Crippen LogP contribution in [-0.2, 0) is 11.2 Å². The highest BCUT2D eigenvalue weighted by Gasteiger charge is 2.33. The summed E-state index contributed by atoms with van der Waals surface area (Å²) in [7, 11) is 0. The molecule has 2 N–H and O–H groups in total. The lowest BCUT2D eigenvalue weighted by Crippen LogP contribution is -2.38. The molecule has 152 valence electrons. The highest BCUT2D eigenvalue weighted by atomic mass is 19.1. The van der Waals surface area contributed by atoms with Crippen molar-refractivity contribution in [2.24, 2.45) is 0 Å². The van der Waals surface area contributed by atoms with Crippen LogP contribution in [0.1, 0.15) is 62.5 Å². The standard InChI is InChI=1S/C21H29FN4O2/c1-12-10-15(11-13(2)18(12)22)26-19(23)17-14(3)25(9-7-8-16(17)24-26)20(27)28-21(4,5)6/h10-11,14H,7-9,23H2,1-6H3/t14-/m0/s1. The largest absolute Gasteiger partial charge is 0.444 e. The van der Waals surface area contributed by atoms with Gasteiger partial charge in [-0.15, -0.1) is 0 Å². The van der Waals surface area contributed by atoms with E-state index in [0.717, 1.165) is 29.8 Å². The summed E-state index contributed by atoms with van der Waals surface area (Å²) in [6.07, 6.45) is 1.14. The van der Waals surface area contributed by atoms with Crippen molar-refractivity contribution in [2.75, 3.05) is 12.3 Å². The monoisotopic (exact) mass is 388 g/mol. The summed E-state index contributed by atoms with van der Waals surface area (Å²) in [5, 5.41) is 4.70. The van der Waals surface area contributed by atoms with E-state index in [2.05, 4.69) is 0 Å². The zero-order valence-electron chi connectivity index (χ0n) is 17.5. The molecule has 3 rings (SSSR count). The van der Waals surface area contributed by atoms with Crippen molar-refractivity contribution in [1.29, 1.82) is 0 Å². The smallest absolute Gasteiger partial charge is 0.410 e. The number of nitrogens with zero attached hydrogens (tertiary/aromatic N) is 3. The molecule has 0 saturated heterocycles. The number of nitrogens with two attached hydrogens (primary N) is 1. The molecule has 0 saturated carbocycles. The van der Waals surface area contributed by atoms with Gasteiger partial charge in [0.2, 0.25) is 0 Å². The molecule has 1 aromatic heterocycles. The maximum absolute atomic E-state index is 14.0. The van der Waals surface area contributed by atoms with E-state index in [1.165, 1.54) is 0 Å². The summed E-state index contributed by atoms with van der Waals surface area (Å²) in [6.45, 7) is 11.5. The van der Waals surface area contributed by atoms with E-state index in [1.807, 2.05) is 27.7 Å². The Morgan fingerprint density at radius 1 is 1.29 bits per heavy atom. The average Bonchev–Trinajstić information content (AvgIpc) is 2.80. The molecule has 1 atom stereocenters. The summed E-state index contributed by atoms with van der Waals surface area (Å²) in [4.78, 5) is 14.4. The van der Waals surface area contributed by atoms with Gasteiger partial charge < -0.3 is 15.4 Å². The van der Waals surface area contributed by atoms with Gasteiger partial charge in [-0.1, -0.05) is 0 Å². The number of benzene rings is 1. The molecular formula is C21H29FN4O2. The topological polar surface area (TPSA) is 73.4 Å². The molecule has 0 bridgehead atoms. The van der Waals surface area contributed by atoms with Crippen molar-refractivity contribution in [3.63, 3.8) is 0 Å². The summed E-state index contributed by atoms with van der Waals surface area (Å²) in [6, 6.07) is 3.21.